The summed E-state index contributed by atoms with van der Waals surface area (Å²) in [7, 11) is 1.57. The van der Waals surface area contributed by atoms with Crippen LogP contribution in [0.2, 0.25) is 0 Å². The third-order valence-electron chi connectivity index (χ3n) is 2.38. The van der Waals surface area contributed by atoms with E-state index in [0.717, 1.165) is 10.9 Å². The third-order valence-corrected chi connectivity index (χ3v) is 2.38. The standard InChI is InChI=1S/C11H13NO3/c1-14-10-5-8(9(12)6-13)4-7-2-3-15-11(7)10/h2-5,9,13H,6,12H2,1H3. The van der Waals surface area contributed by atoms with Gasteiger partial charge in [0.05, 0.1) is 26.0 Å². The fourth-order valence-electron chi connectivity index (χ4n) is 1.54. The summed E-state index contributed by atoms with van der Waals surface area (Å²) in [6.07, 6.45) is 1.60. The van der Waals surface area contributed by atoms with Crippen molar-refractivity contribution in [3.63, 3.8) is 0 Å². The second-order valence-electron chi connectivity index (χ2n) is 3.35. The second-order valence-corrected chi connectivity index (χ2v) is 3.35. The summed E-state index contributed by atoms with van der Waals surface area (Å²) >= 11 is 0. The van der Waals surface area contributed by atoms with E-state index in [1.807, 2.05) is 12.1 Å². The molecule has 1 heterocycles. The Morgan fingerprint density at radius 3 is 3.00 bits per heavy atom. The van der Waals surface area contributed by atoms with Gasteiger partial charge in [-0.25, -0.2) is 0 Å². The summed E-state index contributed by atoms with van der Waals surface area (Å²) in [5.74, 6) is 0.636. The molecule has 3 N–H and O–H groups in total. The van der Waals surface area contributed by atoms with E-state index in [0.29, 0.717) is 11.3 Å². The zero-order chi connectivity index (χ0) is 10.8. The smallest absolute Gasteiger partial charge is 0.175 e. The number of methoxy groups -OCH3 is 1. The number of hydrogen-bond donors (Lipinski definition) is 2. The number of fused-ring (bicyclic) bond motifs is 1. The number of furan rings is 1. The van der Waals surface area contributed by atoms with Gasteiger partial charge in [0.2, 0.25) is 0 Å². The summed E-state index contributed by atoms with van der Waals surface area (Å²) in [6, 6.07) is 5.12. The van der Waals surface area contributed by atoms with Gasteiger partial charge in [-0.1, -0.05) is 0 Å². The molecule has 0 aliphatic rings. The molecule has 1 aromatic carbocycles. The Morgan fingerprint density at radius 2 is 2.33 bits per heavy atom. The van der Waals surface area contributed by atoms with Crippen LogP contribution in [0.15, 0.2) is 28.9 Å². The molecule has 0 spiro atoms. The van der Waals surface area contributed by atoms with Crippen molar-refractivity contribution >= 4 is 11.0 Å². The van der Waals surface area contributed by atoms with Crippen LogP contribution in [0.3, 0.4) is 0 Å². The van der Waals surface area contributed by atoms with Crippen LogP contribution in [0.5, 0.6) is 5.75 Å². The molecule has 0 saturated heterocycles. The molecule has 4 heteroatoms. The van der Waals surface area contributed by atoms with Crippen LogP contribution in [0.25, 0.3) is 11.0 Å². The summed E-state index contributed by atoms with van der Waals surface area (Å²) in [6.45, 7) is -0.0908. The largest absolute Gasteiger partial charge is 0.493 e. The fourth-order valence-corrected chi connectivity index (χ4v) is 1.54. The first-order valence-electron chi connectivity index (χ1n) is 4.68. The van der Waals surface area contributed by atoms with Crippen molar-refractivity contribution in [3.8, 4) is 5.75 Å². The lowest BCUT2D eigenvalue weighted by Gasteiger charge is -2.10. The van der Waals surface area contributed by atoms with E-state index in [-0.39, 0.29) is 6.61 Å². The van der Waals surface area contributed by atoms with Crippen LogP contribution in [0.1, 0.15) is 11.6 Å². The van der Waals surface area contributed by atoms with Gasteiger partial charge >= 0.3 is 0 Å². The van der Waals surface area contributed by atoms with Gasteiger partial charge in [0.1, 0.15) is 0 Å². The highest BCUT2D eigenvalue weighted by Gasteiger charge is 2.11. The highest BCUT2D eigenvalue weighted by atomic mass is 16.5. The third kappa shape index (κ3) is 1.69. The van der Waals surface area contributed by atoms with E-state index in [1.54, 1.807) is 19.4 Å². The lowest BCUT2D eigenvalue weighted by atomic mass is 10.1. The molecule has 2 aromatic rings. The zero-order valence-electron chi connectivity index (χ0n) is 8.43. The zero-order valence-corrected chi connectivity index (χ0v) is 8.43. The normalized spacial score (nSPS) is 13.0. The number of rotatable bonds is 3. The molecule has 0 aliphatic heterocycles. The van der Waals surface area contributed by atoms with E-state index in [1.165, 1.54) is 0 Å². The molecule has 0 radical (unpaired) electrons. The molecule has 2 rings (SSSR count). The van der Waals surface area contributed by atoms with Crippen molar-refractivity contribution in [2.45, 2.75) is 6.04 Å². The predicted molar refractivity (Wildman–Crippen MR) is 56.8 cm³/mol. The Bertz CT molecular complexity index is 464. The van der Waals surface area contributed by atoms with E-state index < -0.39 is 6.04 Å². The molecule has 80 valence electrons. The number of benzene rings is 1. The highest BCUT2D eigenvalue weighted by molar-refractivity contribution is 5.84. The van der Waals surface area contributed by atoms with Gasteiger partial charge in [-0.3, -0.25) is 0 Å². The molecule has 0 bridgehead atoms. The molecular weight excluding hydrogens is 194 g/mol. The van der Waals surface area contributed by atoms with Crippen molar-refractivity contribution in [2.24, 2.45) is 5.73 Å². The monoisotopic (exact) mass is 207 g/mol. The van der Waals surface area contributed by atoms with Gasteiger partial charge in [0.15, 0.2) is 11.3 Å². The van der Waals surface area contributed by atoms with E-state index in [4.69, 9.17) is 20.0 Å². The van der Waals surface area contributed by atoms with Gasteiger partial charge in [0, 0.05) is 5.39 Å². The SMILES string of the molecule is COc1cc(C(N)CO)cc2ccoc12. The number of aliphatic hydroxyl groups excluding tert-OH is 1. The Labute approximate surface area is 87.2 Å². The van der Waals surface area contributed by atoms with Crippen LogP contribution < -0.4 is 10.5 Å². The summed E-state index contributed by atoms with van der Waals surface area (Å²) < 4.78 is 10.5. The maximum absolute atomic E-state index is 8.99. The lowest BCUT2D eigenvalue weighted by Crippen LogP contribution is -2.14. The maximum Gasteiger partial charge on any atom is 0.175 e. The molecule has 1 aromatic heterocycles. The first-order chi connectivity index (χ1) is 7.26. The quantitative estimate of drug-likeness (QED) is 0.798. The summed E-state index contributed by atoms with van der Waals surface area (Å²) in [5, 5.41) is 9.91. The average molecular weight is 207 g/mol. The minimum atomic E-state index is -0.391. The maximum atomic E-state index is 8.99. The van der Waals surface area contributed by atoms with Gasteiger partial charge in [-0.05, 0) is 23.8 Å². The van der Waals surface area contributed by atoms with Crippen molar-refractivity contribution in [1.82, 2.24) is 0 Å². The van der Waals surface area contributed by atoms with Crippen LogP contribution in [0.4, 0.5) is 0 Å². The minimum absolute atomic E-state index is 0.0908. The topological polar surface area (TPSA) is 68.6 Å². The molecular formula is C11H13NO3. The van der Waals surface area contributed by atoms with Crippen molar-refractivity contribution in [2.75, 3.05) is 13.7 Å². The number of aliphatic hydroxyl groups is 1. The van der Waals surface area contributed by atoms with Crippen molar-refractivity contribution < 1.29 is 14.3 Å². The Morgan fingerprint density at radius 1 is 1.53 bits per heavy atom. The van der Waals surface area contributed by atoms with Gasteiger partial charge in [-0.2, -0.15) is 0 Å². The Kier molecular flexibility index (Phi) is 2.62. The molecule has 1 unspecified atom stereocenters. The van der Waals surface area contributed by atoms with Crippen molar-refractivity contribution in [3.05, 3.63) is 30.0 Å². The fraction of sp³-hybridized carbons (Fsp3) is 0.273. The Hall–Kier alpha value is -1.52. The van der Waals surface area contributed by atoms with Gasteiger partial charge < -0.3 is 20.0 Å². The van der Waals surface area contributed by atoms with Crippen LogP contribution in [-0.2, 0) is 0 Å². The first kappa shape index (κ1) is 10.0. The van der Waals surface area contributed by atoms with Crippen LogP contribution >= 0.6 is 0 Å². The number of ether oxygens (including phenoxy) is 1. The molecule has 1 atom stereocenters. The molecule has 4 nitrogen and oxygen atoms in total. The predicted octanol–water partition coefficient (Wildman–Crippen LogP) is 1.43. The number of hydrogen-bond acceptors (Lipinski definition) is 4. The molecule has 0 amide bonds. The molecule has 15 heavy (non-hydrogen) atoms. The highest BCUT2D eigenvalue weighted by Crippen LogP contribution is 2.30. The number of nitrogens with two attached hydrogens (primary N) is 1. The van der Waals surface area contributed by atoms with Crippen LogP contribution in [-0.4, -0.2) is 18.8 Å². The van der Waals surface area contributed by atoms with E-state index in [2.05, 4.69) is 0 Å². The first-order valence-corrected chi connectivity index (χ1v) is 4.68. The molecule has 0 fully saturated rings. The molecule has 0 aliphatic carbocycles. The second kappa shape index (κ2) is 3.92. The van der Waals surface area contributed by atoms with Gasteiger partial charge in [0.25, 0.3) is 0 Å². The van der Waals surface area contributed by atoms with E-state index >= 15 is 0 Å². The lowest BCUT2D eigenvalue weighted by molar-refractivity contribution is 0.268. The summed E-state index contributed by atoms with van der Waals surface area (Å²) in [5.41, 5.74) is 7.28. The van der Waals surface area contributed by atoms with Crippen molar-refractivity contribution in [1.29, 1.82) is 0 Å². The van der Waals surface area contributed by atoms with Crippen LogP contribution in [0, 0.1) is 0 Å². The molecule has 0 saturated carbocycles. The van der Waals surface area contributed by atoms with E-state index in [9.17, 15) is 0 Å². The minimum Gasteiger partial charge on any atom is -0.493 e. The van der Waals surface area contributed by atoms with Gasteiger partial charge in [-0.15, -0.1) is 0 Å². The summed E-state index contributed by atoms with van der Waals surface area (Å²) in [4.78, 5) is 0. The Balaban J connectivity index is 2.58. The average Bonchev–Trinajstić information content (AvgIpc) is 2.74.